The Kier molecular flexibility index (Phi) is 9.09. The summed E-state index contributed by atoms with van der Waals surface area (Å²) in [5.41, 5.74) is 0. The van der Waals surface area contributed by atoms with E-state index in [0.717, 1.165) is 25.7 Å². The van der Waals surface area contributed by atoms with Crippen molar-refractivity contribution in [3.8, 4) is 0 Å². The van der Waals surface area contributed by atoms with Gasteiger partial charge in [-0.25, -0.2) is 0 Å². The zero-order chi connectivity index (χ0) is 31.7. The van der Waals surface area contributed by atoms with E-state index in [1.165, 1.54) is 0 Å². The number of hydrogen-bond acceptors (Lipinski definition) is 11. The Morgan fingerprint density at radius 2 is 1.44 bits per heavy atom. The highest BCUT2D eigenvalue weighted by molar-refractivity contribution is 5.69. The number of carbonyl (C=O) groups excluding carboxylic acids is 1. The molecule has 17 atom stereocenters. The maximum Gasteiger partial charge on any atom is 0.305 e. The molecule has 0 aromatic rings. The molecule has 0 saturated carbocycles. The number of aliphatic hydroxyl groups is 1. The fourth-order valence-corrected chi connectivity index (χ4v) is 9.67. The third-order valence-electron chi connectivity index (χ3n) is 11.7. The molecule has 256 valence electrons. The van der Waals surface area contributed by atoms with Crippen molar-refractivity contribution < 1.29 is 52.5 Å². The normalized spacial score (nSPS) is 53.9. The summed E-state index contributed by atoms with van der Waals surface area (Å²) in [6.45, 7) is 11.0. The molecule has 0 aromatic heterocycles. The summed E-state index contributed by atoms with van der Waals surface area (Å²) in [7, 11) is 1.67. The standard InChI is InChI=1S/C34H54O11/c1-7-21-31(41-28(36)8-2)19(5)32-24(38-21)12-23-26(40-32)15-34(42-23)16-27-30(45-34)18(4)14-33(44-27)13-17(3)29-25(43-33)11-20(35)22(39-29)9-10-37-6/h17-27,29-32,35H,7-16H2,1-6H3/t17-,18-,19+,20+,21-,22+,23+,24-,25-,26+,27-,29-,30-,31+,32-,33+,34-/m0/s1. The van der Waals surface area contributed by atoms with Gasteiger partial charge in [0.25, 0.3) is 0 Å². The molecule has 7 rings (SSSR count). The second-order valence-corrected chi connectivity index (χ2v) is 15.0. The topological polar surface area (TPSA) is 120 Å². The molecule has 0 amide bonds. The zero-order valence-corrected chi connectivity index (χ0v) is 27.8. The Morgan fingerprint density at radius 1 is 0.756 bits per heavy atom. The molecule has 0 bridgehead atoms. The maximum atomic E-state index is 12.2. The SMILES string of the molecule is CCC(=O)O[C@@H]1[C@@H](C)[C@@H]2O[C@@H]3C[C@]4(C[C@@H]5O[C@]6(C[C@H](C)[C@@H]7O[C@H](CCOC)[C@H](O)C[C@@H]7O6)C[C@H](C)[C@@H]5O4)O[C@@H]3C[C@@H]2O[C@H]1CC. The summed E-state index contributed by atoms with van der Waals surface area (Å²) in [5, 5.41) is 10.9. The van der Waals surface area contributed by atoms with E-state index in [1.54, 1.807) is 7.11 Å². The van der Waals surface area contributed by atoms with Gasteiger partial charge < -0.3 is 47.7 Å². The van der Waals surface area contributed by atoms with Gasteiger partial charge in [-0.2, -0.15) is 0 Å². The molecule has 2 spiro atoms. The molecule has 0 aliphatic carbocycles. The van der Waals surface area contributed by atoms with Crippen LogP contribution in [0.1, 0.15) is 92.4 Å². The van der Waals surface area contributed by atoms with Crippen LogP contribution >= 0.6 is 0 Å². The quantitative estimate of drug-likeness (QED) is 0.430. The highest BCUT2D eigenvalue weighted by atomic mass is 16.8. The lowest BCUT2D eigenvalue weighted by Gasteiger charge is -2.54. The average Bonchev–Trinajstić information content (AvgIpc) is 3.53. The first kappa shape index (κ1) is 32.6. The molecule has 11 nitrogen and oxygen atoms in total. The van der Waals surface area contributed by atoms with Gasteiger partial charge in [0.05, 0.1) is 67.1 Å². The average molecular weight is 639 g/mol. The lowest BCUT2D eigenvalue weighted by Crippen LogP contribution is -2.62. The van der Waals surface area contributed by atoms with Crippen molar-refractivity contribution in [1.29, 1.82) is 0 Å². The zero-order valence-electron chi connectivity index (χ0n) is 27.8. The highest BCUT2D eigenvalue weighted by Crippen LogP contribution is 2.55. The van der Waals surface area contributed by atoms with Gasteiger partial charge in [0.15, 0.2) is 11.6 Å². The number of esters is 1. The third kappa shape index (κ3) is 5.90. The highest BCUT2D eigenvalue weighted by Gasteiger charge is 2.64. The van der Waals surface area contributed by atoms with Gasteiger partial charge in [0.1, 0.15) is 6.10 Å². The molecule has 7 aliphatic rings. The molecule has 7 saturated heterocycles. The van der Waals surface area contributed by atoms with Gasteiger partial charge in [0, 0.05) is 64.6 Å². The summed E-state index contributed by atoms with van der Waals surface area (Å²) in [5.74, 6) is -1.28. The van der Waals surface area contributed by atoms with Crippen LogP contribution in [-0.2, 0) is 47.4 Å². The molecule has 45 heavy (non-hydrogen) atoms. The van der Waals surface area contributed by atoms with Crippen molar-refractivity contribution in [2.75, 3.05) is 13.7 Å². The maximum absolute atomic E-state index is 12.2. The molecule has 0 unspecified atom stereocenters. The van der Waals surface area contributed by atoms with E-state index < -0.39 is 17.7 Å². The first-order chi connectivity index (χ1) is 21.6. The molecule has 7 fully saturated rings. The first-order valence-corrected chi connectivity index (χ1v) is 17.6. The van der Waals surface area contributed by atoms with Crippen LogP contribution in [0.4, 0.5) is 0 Å². The Labute approximate surface area is 267 Å². The molecule has 0 aromatic carbocycles. The number of carbonyl (C=O) groups is 1. The molecule has 0 radical (unpaired) electrons. The van der Waals surface area contributed by atoms with Crippen LogP contribution in [-0.4, -0.2) is 110 Å². The molecule has 7 heterocycles. The van der Waals surface area contributed by atoms with Crippen molar-refractivity contribution in [3.05, 3.63) is 0 Å². The minimum atomic E-state index is -0.777. The lowest BCUT2D eigenvalue weighted by molar-refractivity contribution is -0.371. The molecule has 1 N–H and O–H groups in total. The number of ether oxygens (including phenoxy) is 9. The summed E-state index contributed by atoms with van der Waals surface area (Å²) in [4.78, 5) is 12.2. The van der Waals surface area contributed by atoms with Crippen LogP contribution < -0.4 is 0 Å². The summed E-state index contributed by atoms with van der Waals surface area (Å²) in [6, 6.07) is 0. The fourth-order valence-electron chi connectivity index (χ4n) is 9.67. The molecular formula is C34H54O11. The van der Waals surface area contributed by atoms with E-state index in [0.29, 0.717) is 38.7 Å². The number of fused-ring (bicyclic) bond motifs is 4. The molecule has 7 aliphatic heterocycles. The van der Waals surface area contributed by atoms with E-state index in [2.05, 4.69) is 27.7 Å². The van der Waals surface area contributed by atoms with Gasteiger partial charge in [0.2, 0.25) is 0 Å². The largest absolute Gasteiger partial charge is 0.459 e. The van der Waals surface area contributed by atoms with E-state index >= 15 is 0 Å². The van der Waals surface area contributed by atoms with Crippen molar-refractivity contribution in [3.63, 3.8) is 0 Å². The summed E-state index contributed by atoms with van der Waals surface area (Å²) < 4.78 is 57.9. The second kappa shape index (κ2) is 12.5. The number of aliphatic hydroxyl groups excluding tert-OH is 1. The number of rotatable bonds is 6. The van der Waals surface area contributed by atoms with E-state index in [1.807, 2.05) is 6.92 Å². The van der Waals surface area contributed by atoms with Crippen molar-refractivity contribution >= 4 is 5.97 Å². The summed E-state index contributed by atoms with van der Waals surface area (Å²) >= 11 is 0. The Morgan fingerprint density at radius 3 is 2.18 bits per heavy atom. The Hall–Kier alpha value is -0.890. The van der Waals surface area contributed by atoms with E-state index in [9.17, 15) is 9.90 Å². The van der Waals surface area contributed by atoms with E-state index in [4.69, 9.17) is 42.6 Å². The first-order valence-electron chi connectivity index (χ1n) is 17.6. The van der Waals surface area contributed by atoms with Crippen molar-refractivity contribution in [1.82, 2.24) is 0 Å². The minimum Gasteiger partial charge on any atom is -0.459 e. The molecular weight excluding hydrogens is 584 g/mol. The van der Waals surface area contributed by atoms with Crippen molar-refractivity contribution in [2.24, 2.45) is 17.8 Å². The van der Waals surface area contributed by atoms with Gasteiger partial charge in [-0.05, 0) is 24.7 Å². The van der Waals surface area contributed by atoms with Crippen LogP contribution in [0.15, 0.2) is 0 Å². The Balaban J connectivity index is 1.01. The fraction of sp³-hybridized carbons (Fsp3) is 0.971. The van der Waals surface area contributed by atoms with Gasteiger partial charge >= 0.3 is 5.97 Å². The van der Waals surface area contributed by atoms with Crippen molar-refractivity contribution in [2.45, 2.75) is 177 Å². The van der Waals surface area contributed by atoms with Gasteiger partial charge in [-0.3, -0.25) is 4.79 Å². The van der Waals surface area contributed by atoms with Crippen LogP contribution in [0.5, 0.6) is 0 Å². The van der Waals surface area contributed by atoms with Crippen LogP contribution in [0, 0.1) is 17.8 Å². The van der Waals surface area contributed by atoms with Gasteiger partial charge in [-0.15, -0.1) is 0 Å². The predicted molar refractivity (Wildman–Crippen MR) is 159 cm³/mol. The minimum absolute atomic E-state index is 0.0174. The number of methoxy groups -OCH3 is 1. The second-order valence-electron chi connectivity index (χ2n) is 15.0. The Bertz CT molecular complexity index is 1070. The summed E-state index contributed by atoms with van der Waals surface area (Å²) in [6.07, 6.45) is 3.30. The monoisotopic (exact) mass is 638 g/mol. The van der Waals surface area contributed by atoms with Gasteiger partial charge in [-0.1, -0.05) is 34.6 Å². The van der Waals surface area contributed by atoms with Crippen LogP contribution in [0.25, 0.3) is 0 Å². The molecule has 11 heteroatoms. The number of hydrogen-bond donors (Lipinski definition) is 1. The third-order valence-corrected chi connectivity index (χ3v) is 11.7. The van der Waals surface area contributed by atoms with Crippen LogP contribution in [0.3, 0.4) is 0 Å². The lowest BCUT2D eigenvalue weighted by atomic mass is 9.78. The van der Waals surface area contributed by atoms with E-state index in [-0.39, 0.29) is 90.9 Å². The van der Waals surface area contributed by atoms with Crippen LogP contribution in [0.2, 0.25) is 0 Å². The smallest absolute Gasteiger partial charge is 0.305 e. The predicted octanol–water partition coefficient (Wildman–Crippen LogP) is 3.65.